The molecule has 0 atom stereocenters. The Hall–Kier alpha value is -3.56. The Balaban J connectivity index is 1.67. The first-order chi connectivity index (χ1) is 14.2. The molecular formula is C20H17F3N4O3. The van der Waals surface area contributed by atoms with Crippen LogP contribution in [0.1, 0.15) is 23.1 Å². The normalized spacial score (nSPS) is 11.9. The molecule has 0 saturated heterocycles. The van der Waals surface area contributed by atoms with Crippen molar-refractivity contribution in [2.75, 3.05) is 6.61 Å². The van der Waals surface area contributed by atoms with Gasteiger partial charge in [-0.1, -0.05) is 0 Å². The third-order valence-electron chi connectivity index (χ3n) is 4.62. The van der Waals surface area contributed by atoms with Gasteiger partial charge in [0, 0.05) is 36.0 Å². The monoisotopic (exact) mass is 418 g/mol. The van der Waals surface area contributed by atoms with Crippen molar-refractivity contribution in [1.82, 2.24) is 19.3 Å². The fourth-order valence-electron chi connectivity index (χ4n) is 3.34. The molecule has 4 aromatic rings. The van der Waals surface area contributed by atoms with Gasteiger partial charge in [0.05, 0.1) is 24.1 Å². The Morgan fingerprint density at radius 2 is 2.00 bits per heavy atom. The minimum Gasteiger partial charge on any atom is -0.461 e. The molecule has 7 nitrogen and oxygen atoms in total. The molecule has 156 valence electrons. The summed E-state index contributed by atoms with van der Waals surface area (Å²) in [5.41, 5.74) is 2.34. The van der Waals surface area contributed by atoms with E-state index in [4.69, 9.17) is 4.74 Å². The second kappa shape index (κ2) is 7.36. The number of rotatable bonds is 5. The quantitative estimate of drug-likeness (QED) is 0.458. The van der Waals surface area contributed by atoms with E-state index in [1.165, 1.54) is 18.3 Å². The maximum absolute atomic E-state index is 12.5. The maximum atomic E-state index is 12.5. The van der Waals surface area contributed by atoms with Crippen LogP contribution < -0.4 is 4.74 Å². The van der Waals surface area contributed by atoms with Gasteiger partial charge in [-0.15, -0.1) is 13.2 Å². The summed E-state index contributed by atoms with van der Waals surface area (Å²) in [5, 5.41) is 5.65. The third-order valence-corrected chi connectivity index (χ3v) is 4.62. The van der Waals surface area contributed by atoms with Gasteiger partial charge in [-0.2, -0.15) is 5.10 Å². The van der Waals surface area contributed by atoms with Gasteiger partial charge < -0.3 is 14.0 Å². The summed E-state index contributed by atoms with van der Waals surface area (Å²) in [6, 6.07) is 7.66. The van der Waals surface area contributed by atoms with Crippen molar-refractivity contribution in [2.45, 2.75) is 19.8 Å². The first-order valence-electron chi connectivity index (χ1n) is 9.08. The molecule has 0 fully saturated rings. The van der Waals surface area contributed by atoms with E-state index in [0.717, 1.165) is 11.2 Å². The van der Waals surface area contributed by atoms with Crippen molar-refractivity contribution in [3.8, 4) is 5.75 Å². The number of carbonyl (C=O) groups excluding carboxylic acids is 1. The molecule has 30 heavy (non-hydrogen) atoms. The largest absolute Gasteiger partial charge is 0.573 e. The van der Waals surface area contributed by atoms with Crippen LogP contribution in [-0.2, 0) is 18.3 Å². The van der Waals surface area contributed by atoms with Crippen LogP contribution in [0, 0.1) is 0 Å². The molecule has 4 rings (SSSR count). The lowest BCUT2D eigenvalue weighted by Gasteiger charge is -2.08. The van der Waals surface area contributed by atoms with E-state index in [9.17, 15) is 18.0 Å². The first kappa shape index (κ1) is 19.7. The molecule has 0 N–H and O–H groups in total. The second-order valence-electron chi connectivity index (χ2n) is 6.60. The smallest absolute Gasteiger partial charge is 0.461 e. The fraction of sp³-hybridized carbons (Fsp3) is 0.250. The van der Waals surface area contributed by atoms with Crippen LogP contribution in [0.5, 0.6) is 5.75 Å². The lowest BCUT2D eigenvalue weighted by atomic mass is 10.2. The lowest BCUT2D eigenvalue weighted by Crippen LogP contribution is -2.16. The molecule has 0 amide bonds. The number of ether oxygens (including phenoxy) is 2. The Kier molecular flexibility index (Phi) is 4.84. The molecule has 10 heteroatoms. The summed E-state index contributed by atoms with van der Waals surface area (Å²) in [5.74, 6) is -0.799. The molecule has 1 aromatic carbocycles. The summed E-state index contributed by atoms with van der Waals surface area (Å²) in [4.78, 5) is 16.2. The molecule has 0 aliphatic rings. The Bertz CT molecular complexity index is 1240. The number of halogens is 3. The van der Waals surface area contributed by atoms with Gasteiger partial charge in [-0.3, -0.25) is 4.68 Å². The van der Waals surface area contributed by atoms with E-state index in [1.54, 1.807) is 36.0 Å². The zero-order chi connectivity index (χ0) is 21.5. The number of esters is 1. The Labute approximate surface area is 168 Å². The Morgan fingerprint density at radius 3 is 2.73 bits per heavy atom. The van der Waals surface area contributed by atoms with Crippen LogP contribution >= 0.6 is 0 Å². The van der Waals surface area contributed by atoms with Gasteiger partial charge in [0.1, 0.15) is 5.75 Å². The standard InChI is InChI=1S/C20H17F3N4O3/c1-3-29-19(28)18-15-11-27(25-16(15)6-7-24-18)10-13-8-12-9-14(30-20(21,22)23)4-5-17(12)26(13)2/h4-9,11H,3,10H2,1-2H3. The van der Waals surface area contributed by atoms with Crippen LogP contribution in [-0.4, -0.2) is 38.3 Å². The summed E-state index contributed by atoms with van der Waals surface area (Å²) in [6.07, 6.45) is -1.56. The van der Waals surface area contributed by atoms with E-state index in [2.05, 4.69) is 14.8 Å². The Morgan fingerprint density at radius 1 is 1.20 bits per heavy atom. The molecule has 0 unspecified atom stereocenters. The highest BCUT2D eigenvalue weighted by Crippen LogP contribution is 2.28. The summed E-state index contributed by atoms with van der Waals surface area (Å²) >= 11 is 0. The van der Waals surface area contributed by atoms with Crippen molar-refractivity contribution in [3.63, 3.8) is 0 Å². The average molecular weight is 418 g/mol. The molecule has 0 saturated carbocycles. The van der Waals surface area contributed by atoms with Crippen molar-refractivity contribution in [1.29, 1.82) is 0 Å². The van der Waals surface area contributed by atoms with Crippen LogP contribution in [0.4, 0.5) is 13.2 Å². The number of nitrogens with zero attached hydrogens (tertiary/aromatic N) is 4. The fourth-order valence-corrected chi connectivity index (χ4v) is 3.34. The predicted octanol–water partition coefficient (Wildman–Crippen LogP) is 4.05. The minimum atomic E-state index is -4.74. The summed E-state index contributed by atoms with van der Waals surface area (Å²) < 4.78 is 50.0. The summed E-state index contributed by atoms with van der Waals surface area (Å²) in [7, 11) is 1.82. The highest BCUT2D eigenvalue weighted by Gasteiger charge is 2.31. The van der Waals surface area contributed by atoms with Crippen LogP contribution in [0.3, 0.4) is 0 Å². The number of aryl methyl sites for hydroxylation is 1. The number of benzene rings is 1. The van der Waals surface area contributed by atoms with Crippen molar-refractivity contribution in [3.05, 3.63) is 54.1 Å². The molecule has 0 bridgehead atoms. The molecule has 3 aromatic heterocycles. The zero-order valence-corrected chi connectivity index (χ0v) is 16.1. The maximum Gasteiger partial charge on any atom is 0.573 e. The van der Waals surface area contributed by atoms with Gasteiger partial charge in [-0.25, -0.2) is 9.78 Å². The lowest BCUT2D eigenvalue weighted by molar-refractivity contribution is -0.274. The van der Waals surface area contributed by atoms with E-state index >= 15 is 0 Å². The highest BCUT2D eigenvalue weighted by atomic mass is 19.4. The zero-order valence-electron chi connectivity index (χ0n) is 16.1. The predicted molar refractivity (Wildman–Crippen MR) is 102 cm³/mol. The van der Waals surface area contributed by atoms with Gasteiger partial charge >= 0.3 is 12.3 Å². The molecular weight excluding hydrogens is 401 g/mol. The first-order valence-corrected chi connectivity index (χ1v) is 9.08. The summed E-state index contributed by atoms with van der Waals surface area (Å²) in [6.45, 7) is 2.30. The number of hydrogen-bond acceptors (Lipinski definition) is 5. The molecule has 0 spiro atoms. The van der Waals surface area contributed by atoms with Gasteiger partial charge in [-0.05, 0) is 37.3 Å². The highest BCUT2D eigenvalue weighted by molar-refractivity contribution is 6.01. The number of alkyl halides is 3. The van der Waals surface area contributed by atoms with E-state index < -0.39 is 12.3 Å². The number of pyridine rings is 1. The van der Waals surface area contributed by atoms with E-state index in [0.29, 0.717) is 22.8 Å². The topological polar surface area (TPSA) is 71.2 Å². The van der Waals surface area contributed by atoms with Crippen molar-refractivity contribution < 1.29 is 27.4 Å². The third kappa shape index (κ3) is 3.80. The second-order valence-corrected chi connectivity index (χ2v) is 6.60. The van der Waals surface area contributed by atoms with E-state index in [1.807, 2.05) is 11.6 Å². The van der Waals surface area contributed by atoms with E-state index in [-0.39, 0.29) is 18.1 Å². The van der Waals surface area contributed by atoms with Gasteiger partial charge in [0.15, 0.2) is 5.69 Å². The van der Waals surface area contributed by atoms with Crippen molar-refractivity contribution in [2.24, 2.45) is 7.05 Å². The number of hydrogen-bond donors (Lipinski definition) is 0. The number of fused-ring (bicyclic) bond motifs is 2. The minimum absolute atomic E-state index is 0.187. The number of aromatic nitrogens is 4. The van der Waals surface area contributed by atoms with Crippen LogP contribution in [0.25, 0.3) is 21.8 Å². The van der Waals surface area contributed by atoms with Crippen LogP contribution in [0.15, 0.2) is 42.7 Å². The molecule has 3 heterocycles. The van der Waals surface area contributed by atoms with Crippen LogP contribution in [0.2, 0.25) is 0 Å². The molecule has 0 aliphatic carbocycles. The SMILES string of the molecule is CCOC(=O)c1nccc2nn(Cc3cc4cc(OC(F)(F)F)ccc4n3C)cc12. The molecule has 0 radical (unpaired) electrons. The number of carbonyl (C=O) groups is 1. The average Bonchev–Trinajstić information content (AvgIpc) is 3.21. The van der Waals surface area contributed by atoms with Gasteiger partial charge in [0.2, 0.25) is 0 Å². The molecule has 0 aliphatic heterocycles. The van der Waals surface area contributed by atoms with Crippen molar-refractivity contribution >= 4 is 27.8 Å². The van der Waals surface area contributed by atoms with Gasteiger partial charge in [0.25, 0.3) is 0 Å².